The van der Waals surface area contributed by atoms with Crippen molar-refractivity contribution < 1.29 is 9.90 Å². The molecule has 0 bridgehead atoms. The van der Waals surface area contributed by atoms with Gasteiger partial charge in [-0.05, 0) is 18.2 Å². The molecule has 3 N–H and O–H groups in total. The van der Waals surface area contributed by atoms with Gasteiger partial charge in [0.05, 0.1) is 5.69 Å². The van der Waals surface area contributed by atoms with Crippen molar-refractivity contribution in [3.8, 4) is 17.0 Å². The fourth-order valence-electron chi connectivity index (χ4n) is 1.98. The molecular weight excluding hydrogens is 266 g/mol. The number of amides is 1. The Morgan fingerprint density at radius 1 is 1.05 bits per heavy atom. The summed E-state index contributed by atoms with van der Waals surface area (Å²) >= 11 is 0. The Balaban J connectivity index is 1.78. The van der Waals surface area contributed by atoms with Crippen LogP contribution in [0.15, 0.2) is 60.7 Å². The van der Waals surface area contributed by atoms with E-state index in [0.29, 0.717) is 17.1 Å². The number of hydrogen-bond acceptors (Lipinski definition) is 3. The van der Waals surface area contributed by atoms with Crippen molar-refractivity contribution in [3.63, 3.8) is 0 Å². The van der Waals surface area contributed by atoms with Gasteiger partial charge in [0, 0.05) is 17.3 Å². The predicted octanol–water partition coefficient (Wildman–Crippen LogP) is 3.03. The highest BCUT2D eigenvalue weighted by atomic mass is 16.3. The molecule has 0 aliphatic rings. The van der Waals surface area contributed by atoms with Crippen LogP contribution in [0.5, 0.6) is 5.75 Å². The second-order valence-corrected chi connectivity index (χ2v) is 4.54. The third-order valence-electron chi connectivity index (χ3n) is 3.00. The summed E-state index contributed by atoms with van der Waals surface area (Å²) in [6, 6.07) is 17.7. The lowest BCUT2D eigenvalue weighted by Crippen LogP contribution is -2.12. The lowest BCUT2D eigenvalue weighted by atomic mass is 10.1. The molecule has 0 unspecified atom stereocenters. The SMILES string of the molecule is O=C(Nc1cccc(O)c1)c1cc(-c2ccccc2)n[nH]1. The molecule has 0 spiro atoms. The second-order valence-electron chi connectivity index (χ2n) is 4.54. The van der Waals surface area contributed by atoms with Gasteiger partial charge in [-0.1, -0.05) is 36.4 Å². The maximum absolute atomic E-state index is 12.1. The van der Waals surface area contributed by atoms with Crippen LogP contribution in [0.3, 0.4) is 0 Å². The topological polar surface area (TPSA) is 78.0 Å². The van der Waals surface area contributed by atoms with Gasteiger partial charge in [-0.3, -0.25) is 9.89 Å². The molecule has 3 rings (SSSR count). The van der Waals surface area contributed by atoms with Crippen LogP contribution >= 0.6 is 0 Å². The smallest absolute Gasteiger partial charge is 0.273 e. The van der Waals surface area contributed by atoms with E-state index in [4.69, 9.17) is 0 Å². The number of carbonyl (C=O) groups excluding carboxylic acids is 1. The molecule has 5 nitrogen and oxygen atoms in total. The van der Waals surface area contributed by atoms with Crippen molar-refractivity contribution in [2.45, 2.75) is 0 Å². The third-order valence-corrected chi connectivity index (χ3v) is 3.00. The number of H-pyrrole nitrogens is 1. The Kier molecular flexibility index (Phi) is 3.39. The first-order valence-corrected chi connectivity index (χ1v) is 6.43. The number of nitrogens with zero attached hydrogens (tertiary/aromatic N) is 1. The van der Waals surface area contributed by atoms with Gasteiger partial charge in [0.25, 0.3) is 5.91 Å². The second kappa shape index (κ2) is 5.50. The minimum absolute atomic E-state index is 0.0994. The standard InChI is InChI=1S/C16H13N3O2/c20-13-8-4-7-12(9-13)17-16(21)15-10-14(18-19-15)11-5-2-1-3-6-11/h1-10,20H,(H,17,21)(H,18,19). The number of carbonyl (C=O) groups is 1. The molecule has 0 atom stereocenters. The van der Waals surface area contributed by atoms with E-state index < -0.39 is 0 Å². The van der Waals surface area contributed by atoms with Crippen LogP contribution in [0.4, 0.5) is 5.69 Å². The predicted molar refractivity (Wildman–Crippen MR) is 80.1 cm³/mol. The van der Waals surface area contributed by atoms with E-state index in [0.717, 1.165) is 5.56 Å². The van der Waals surface area contributed by atoms with Gasteiger partial charge in [0.1, 0.15) is 11.4 Å². The van der Waals surface area contributed by atoms with Gasteiger partial charge in [0.2, 0.25) is 0 Å². The molecule has 0 radical (unpaired) electrons. The number of aromatic nitrogens is 2. The van der Waals surface area contributed by atoms with Crippen LogP contribution in [-0.4, -0.2) is 21.2 Å². The zero-order chi connectivity index (χ0) is 14.7. The molecule has 104 valence electrons. The number of aromatic amines is 1. The van der Waals surface area contributed by atoms with Crippen molar-refractivity contribution >= 4 is 11.6 Å². The van der Waals surface area contributed by atoms with Gasteiger partial charge in [-0.25, -0.2) is 0 Å². The largest absolute Gasteiger partial charge is 0.508 e. The fraction of sp³-hybridized carbons (Fsp3) is 0. The Bertz CT molecular complexity index is 766. The summed E-state index contributed by atoms with van der Waals surface area (Å²) < 4.78 is 0. The summed E-state index contributed by atoms with van der Waals surface area (Å²) in [6.45, 7) is 0. The van der Waals surface area contributed by atoms with Crippen LogP contribution in [0.25, 0.3) is 11.3 Å². The Hall–Kier alpha value is -3.08. The number of phenols is 1. The zero-order valence-electron chi connectivity index (χ0n) is 11.1. The number of rotatable bonds is 3. The van der Waals surface area contributed by atoms with Crippen LogP contribution in [0.2, 0.25) is 0 Å². The van der Waals surface area contributed by atoms with E-state index in [1.54, 1.807) is 24.3 Å². The molecule has 3 aromatic rings. The minimum Gasteiger partial charge on any atom is -0.508 e. The number of anilines is 1. The first-order chi connectivity index (χ1) is 10.2. The number of hydrogen-bond donors (Lipinski definition) is 3. The first kappa shape index (κ1) is 12.9. The van der Waals surface area contributed by atoms with Crippen LogP contribution in [-0.2, 0) is 0 Å². The highest BCUT2D eigenvalue weighted by Crippen LogP contribution is 2.19. The van der Waals surface area contributed by atoms with Gasteiger partial charge in [-0.15, -0.1) is 0 Å². The van der Waals surface area contributed by atoms with Crippen molar-refractivity contribution in [1.82, 2.24) is 10.2 Å². The molecule has 5 heteroatoms. The van der Waals surface area contributed by atoms with Crippen molar-refractivity contribution in [3.05, 3.63) is 66.4 Å². The third kappa shape index (κ3) is 2.92. The highest BCUT2D eigenvalue weighted by molar-refractivity contribution is 6.03. The number of benzene rings is 2. The molecule has 0 fully saturated rings. The summed E-state index contributed by atoms with van der Waals surface area (Å²) in [5.41, 5.74) is 2.52. The van der Waals surface area contributed by atoms with Gasteiger partial charge >= 0.3 is 0 Å². The molecule has 1 heterocycles. The van der Waals surface area contributed by atoms with E-state index in [9.17, 15) is 9.90 Å². The normalized spacial score (nSPS) is 10.3. The van der Waals surface area contributed by atoms with Crippen molar-refractivity contribution in [2.75, 3.05) is 5.32 Å². The van der Waals surface area contributed by atoms with Crippen molar-refractivity contribution in [2.24, 2.45) is 0 Å². The number of aromatic hydroxyl groups is 1. The molecule has 0 saturated heterocycles. The summed E-state index contributed by atoms with van der Waals surface area (Å²) in [7, 11) is 0. The van der Waals surface area contributed by atoms with E-state index in [-0.39, 0.29) is 11.7 Å². The molecule has 0 aliphatic carbocycles. The van der Waals surface area contributed by atoms with Gasteiger partial charge < -0.3 is 10.4 Å². The van der Waals surface area contributed by atoms with Gasteiger partial charge in [0.15, 0.2) is 0 Å². The summed E-state index contributed by atoms with van der Waals surface area (Å²) in [4.78, 5) is 12.1. The van der Waals surface area contributed by atoms with E-state index >= 15 is 0 Å². The number of phenolic OH excluding ortho intramolecular Hbond substituents is 1. The summed E-state index contributed by atoms with van der Waals surface area (Å²) in [5, 5.41) is 18.9. The molecule has 0 saturated carbocycles. The molecule has 1 amide bonds. The summed E-state index contributed by atoms with van der Waals surface area (Å²) in [5.74, 6) is -0.210. The Morgan fingerprint density at radius 3 is 2.62 bits per heavy atom. The highest BCUT2D eigenvalue weighted by Gasteiger charge is 2.11. The summed E-state index contributed by atoms with van der Waals surface area (Å²) in [6.07, 6.45) is 0. The maximum Gasteiger partial charge on any atom is 0.273 e. The monoisotopic (exact) mass is 279 g/mol. The van der Waals surface area contributed by atoms with Crippen molar-refractivity contribution in [1.29, 1.82) is 0 Å². The van der Waals surface area contributed by atoms with E-state index in [2.05, 4.69) is 15.5 Å². The van der Waals surface area contributed by atoms with Crippen LogP contribution in [0, 0.1) is 0 Å². The lowest BCUT2D eigenvalue weighted by molar-refractivity contribution is 0.102. The van der Waals surface area contributed by atoms with Crippen LogP contribution in [0.1, 0.15) is 10.5 Å². The average molecular weight is 279 g/mol. The van der Waals surface area contributed by atoms with E-state index in [1.165, 1.54) is 6.07 Å². The quantitative estimate of drug-likeness (QED) is 0.689. The molecule has 0 aliphatic heterocycles. The molecule has 2 aromatic carbocycles. The minimum atomic E-state index is -0.310. The Morgan fingerprint density at radius 2 is 1.86 bits per heavy atom. The average Bonchev–Trinajstić information content (AvgIpc) is 2.98. The lowest BCUT2D eigenvalue weighted by Gasteiger charge is -2.03. The van der Waals surface area contributed by atoms with Gasteiger partial charge in [-0.2, -0.15) is 5.10 Å². The Labute approximate surface area is 121 Å². The first-order valence-electron chi connectivity index (χ1n) is 6.43. The van der Waals surface area contributed by atoms with E-state index in [1.807, 2.05) is 30.3 Å². The number of nitrogens with one attached hydrogen (secondary N) is 2. The molecular formula is C16H13N3O2. The zero-order valence-corrected chi connectivity index (χ0v) is 11.1. The molecule has 1 aromatic heterocycles. The fourth-order valence-corrected chi connectivity index (χ4v) is 1.98. The molecule has 21 heavy (non-hydrogen) atoms. The van der Waals surface area contributed by atoms with Crippen LogP contribution < -0.4 is 5.32 Å². The maximum atomic E-state index is 12.1.